The van der Waals surface area contributed by atoms with Gasteiger partial charge in [-0.1, -0.05) is 12.1 Å². The monoisotopic (exact) mass is 300 g/mol. The van der Waals surface area contributed by atoms with Crippen molar-refractivity contribution in [2.45, 2.75) is 24.4 Å². The van der Waals surface area contributed by atoms with E-state index in [0.717, 1.165) is 0 Å². The maximum absolute atomic E-state index is 11.9. The first-order valence-electron chi connectivity index (χ1n) is 6.01. The first-order valence-corrected chi connectivity index (χ1v) is 6.01. The Bertz CT molecular complexity index is 489. The number of carbonyl (C=O) groups is 2. The van der Waals surface area contributed by atoms with E-state index in [0.29, 0.717) is 0 Å². The van der Waals surface area contributed by atoms with Gasteiger partial charge in [0.05, 0.1) is 6.61 Å². The Balaban J connectivity index is 2.94. The second kappa shape index (κ2) is 7.70. The molecule has 0 unspecified atom stereocenters. The van der Waals surface area contributed by atoms with E-state index in [4.69, 9.17) is 9.84 Å². The summed E-state index contributed by atoms with van der Waals surface area (Å²) in [5, 5.41) is 46.8. The third-order valence-corrected chi connectivity index (χ3v) is 2.76. The number of aromatic hydroxyl groups is 1. The number of ether oxygens (including phenoxy) is 1. The third kappa shape index (κ3) is 4.23. The smallest absolute Gasteiger partial charge is 0.342 e. The normalized spacial score (nSPS) is 16.6. The van der Waals surface area contributed by atoms with Gasteiger partial charge in [0.15, 0.2) is 12.4 Å². The van der Waals surface area contributed by atoms with Crippen molar-refractivity contribution in [3.63, 3.8) is 0 Å². The number of aliphatic hydroxyl groups is 4. The Labute approximate surface area is 119 Å². The van der Waals surface area contributed by atoms with Crippen molar-refractivity contribution < 1.29 is 39.9 Å². The Morgan fingerprint density at radius 1 is 1.24 bits per heavy atom. The molecule has 0 bridgehead atoms. The van der Waals surface area contributed by atoms with E-state index in [-0.39, 0.29) is 17.6 Å². The minimum Gasteiger partial charge on any atom is -0.507 e. The molecule has 0 aromatic heterocycles. The summed E-state index contributed by atoms with van der Waals surface area (Å²) in [5.41, 5.74) is -0.236. The standard InChI is InChI=1S/C13H16O8/c14-5-9(17)11(19)12(10(18)6-15)21-13(20)7-3-1-2-4-8(7)16/h1-5,9-12,15-19H,6H2/t9-,10+,11+,12+/m0/s1. The summed E-state index contributed by atoms with van der Waals surface area (Å²) < 4.78 is 4.78. The molecule has 4 atom stereocenters. The molecule has 5 N–H and O–H groups in total. The SMILES string of the molecule is O=C[C@H](O)[C@@H](O)[C@H](OC(=O)c1ccccc1O)[C@H](O)CO. The average molecular weight is 300 g/mol. The molecular formula is C13H16O8. The molecule has 0 aliphatic heterocycles. The van der Waals surface area contributed by atoms with Crippen molar-refractivity contribution in [2.24, 2.45) is 0 Å². The van der Waals surface area contributed by atoms with Crippen LogP contribution in [0.5, 0.6) is 5.75 Å². The number of aldehydes is 1. The van der Waals surface area contributed by atoms with Gasteiger partial charge < -0.3 is 35.1 Å². The molecule has 0 amide bonds. The Morgan fingerprint density at radius 3 is 2.38 bits per heavy atom. The van der Waals surface area contributed by atoms with Crippen LogP contribution in [0.1, 0.15) is 10.4 Å². The summed E-state index contributed by atoms with van der Waals surface area (Å²) in [6.45, 7) is -0.874. The Morgan fingerprint density at radius 2 is 1.86 bits per heavy atom. The number of hydrogen-bond donors (Lipinski definition) is 5. The molecule has 0 spiro atoms. The summed E-state index contributed by atoms with van der Waals surface area (Å²) in [7, 11) is 0. The molecule has 0 radical (unpaired) electrons. The fourth-order valence-corrected chi connectivity index (χ4v) is 1.59. The van der Waals surface area contributed by atoms with Gasteiger partial charge in [0.1, 0.15) is 29.6 Å². The maximum Gasteiger partial charge on any atom is 0.342 e. The molecule has 8 nitrogen and oxygen atoms in total. The molecule has 0 heterocycles. The van der Waals surface area contributed by atoms with Gasteiger partial charge in [-0.05, 0) is 12.1 Å². The van der Waals surface area contributed by atoms with Crippen LogP contribution >= 0.6 is 0 Å². The lowest BCUT2D eigenvalue weighted by Gasteiger charge is -2.27. The van der Waals surface area contributed by atoms with Crippen molar-refractivity contribution in [1.29, 1.82) is 0 Å². The first kappa shape index (κ1) is 17.1. The number of hydrogen-bond acceptors (Lipinski definition) is 8. The molecular weight excluding hydrogens is 284 g/mol. The van der Waals surface area contributed by atoms with Gasteiger partial charge in [-0.25, -0.2) is 4.79 Å². The summed E-state index contributed by atoms with van der Waals surface area (Å²) in [6, 6.07) is 5.38. The third-order valence-electron chi connectivity index (χ3n) is 2.76. The Kier molecular flexibility index (Phi) is 6.25. The van der Waals surface area contributed by atoms with Crippen LogP contribution in [0.15, 0.2) is 24.3 Å². The zero-order valence-electron chi connectivity index (χ0n) is 10.9. The van der Waals surface area contributed by atoms with Gasteiger partial charge >= 0.3 is 5.97 Å². The van der Waals surface area contributed by atoms with Crippen molar-refractivity contribution in [3.8, 4) is 5.75 Å². The van der Waals surface area contributed by atoms with E-state index in [9.17, 15) is 30.0 Å². The predicted octanol–water partition coefficient (Wildman–Crippen LogP) is -1.81. The van der Waals surface area contributed by atoms with Crippen molar-refractivity contribution in [1.82, 2.24) is 0 Å². The van der Waals surface area contributed by atoms with Crippen molar-refractivity contribution >= 4 is 12.3 Å². The van der Waals surface area contributed by atoms with E-state index >= 15 is 0 Å². The molecule has 0 aliphatic rings. The number of carbonyl (C=O) groups excluding carboxylic acids is 2. The van der Waals surface area contributed by atoms with Gasteiger partial charge in [0.25, 0.3) is 0 Å². The quantitative estimate of drug-likeness (QED) is 0.293. The van der Waals surface area contributed by atoms with E-state index < -0.39 is 37.0 Å². The number of benzene rings is 1. The van der Waals surface area contributed by atoms with E-state index in [2.05, 4.69) is 0 Å². The minimum absolute atomic E-state index is 0.00438. The van der Waals surface area contributed by atoms with Crippen LogP contribution in [0, 0.1) is 0 Å². The highest BCUT2D eigenvalue weighted by molar-refractivity contribution is 5.92. The predicted molar refractivity (Wildman–Crippen MR) is 68.5 cm³/mol. The topological polar surface area (TPSA) is 145 Å². The molecule has 1 aromatic rings. The zero-order valence-corrected chi connectivity index (χ0v) is 10.9. The first-order chi connectivity index (χ1) is 9.92. The number of esters is 1. The molecule has 0 saturated heterocycles. The lowest BCUT2D eigenvalue weighted by molar-refractivity contribution is -0.138. The van der Waals surface area contributed by atoms with Crippen LogP contribution in [0.25, 0.3) is 0 Å². The van der Waals surface area contributed by atoms with Crippen molar-refractivity contribution in [3.05, 3.63) is 29.8 Å². The highest BCUT2D eigenvalue weighted by atomic mass is 16.6. The lowest BCUT2D eigenvalue weighted by atomic mass is 10.0. The van der Waals surface area contributed by atoms with Crippen LogP contribution in [0.4, 0.5) is 0 Å². The van der Waals surface area contributed by atoms with E-state index in [1.807, 2.05) is 0 Å². The number of rotatable bonds is 7. The molecule has 21 heavy (non-hydrogen) atoms. The fraction of sp³-hybridized carbons (Fsp3) is 0.385. The highest BCUT2D eigenvalue weighted by Gasteiger charge is 2.35. The molecule has 0 aliphatic carbocycles. The summed E-state index contributed by atoms with van der Waals surface area (Å²) >= 11 is 0. The fourth-order valence-electron chi connectivity index (χ4n) is 1.59. The van der Waals surface area contributed by atoms with Gasteiger partial charge in [-0.3, -0.25) is 0 Å². The molecule has 1 aromatic carbocycles. The van der Waals surface area contributed by atoms with Gasteiger partial charge in [0, 0.05) is 0 Å². The number of phenols is 1. The van der Waals surface area contributed by atoms with E-state index in [1.54, 1.807) is 0 Å². The number of aliphatic hydroxyl groups excluding tert-OH is 4. The Hall–Kier alpha value is -2.00. The number of para-hydroxylation sites is 1. The summed E-state index contributed by atoms with van der Waals surface area (Å²) in [5.74, 6) is -1.48. The molecule has 8 heteroatoms. The molecule has 0 saturated carbocycles. The summed E-state index contributed by atoms with van der Waals surface area (Å²) in [6.07, 6.45) is -7.31. The van der Waals surface area contributed by atoms with Crippen LogP contribution in [0.2, 0.25) is 0 Å². The zero-order chi connectivity index (χ0) is 16.0. The van der Waals surface area contributed by atoms with Crippen LogP contribution in [0.3, 0.4) is 0 Å². The minimum atomic E-state index is -1.93. The maximum atomic E-state index is 11.9. The van der Waals surface area contributed by atoms with Gasteiger partial charge in [0.2, 0.25) is 0 Å². The highest BCUT2D eigenvalue weighted by Crippen LogP contribution is 2.19. The molecule has 116 valence electrons. The summed E-state index contributed by atoms with van der Waals surface area (Å²) in [4.78, 5) is 22.3. The van der Waals surface area contributed by atoms with Crippen LogP contribution in [-0.4, -0.2) is 68.8 Å². The van der Waals surface area contributed by atoms with Gasteiger partial charge in [-0.15, -0.1) is 0 Å². The largest absolute Gasteiger partial charge is 0.507 e. The number of phenolic OH excluding ortho intramolecular Hbond substituents is 1. The lowest BCUT2D eigenvalue weighted by Crippen LogP contribution is -2.49. The van der Waals surface area contributed by atoms with Crippen LogP contribution in [-0.2, 0) is 9.53 Å². The van der Waals surface area contributed by atoms with E-state index in [1.165, 1.54) is 24.3 Å². The second-order valence-electron chi connectivity index (χ2n) is 4.25. The molecule has 1 rings (SSSR count). The molecule has 0 fully saturated rings. The van der Waals surface area contributed by atoms with Crippen molar-refractivity contribution in [2.75, 3.05) is 6.61 Å². The second-order valence-corrected chi connectivity index (χ2v) is 4.25. The van der Waals surface area contributed by atoms with Crippen LogP contribution < -0.4 is 0 Å². The van der Waals surface area contributed by atoms with Gasteiger partial charge in [-0.2, -0.15) is 0 Å². The average Bonchev–Trinajstić information content (AvgIpc) is 2.50.